The van der Waals surface area contributed by atoms with E-state index in [0.29, 0.717) is 19.4 Å². The minimum Gasteiger partial charge on any atom is -0.434 e. The van der Waals surface area contributed by atoms with Gasteiger partial charge in [-0.05, 0) is 45.4 Å². The van der Waals surface area contributed by atoms with Crippen LogP contribution in [0.15, 0.2) is 0 Å². The molecule has 0 aromatic rings. The molecule has 0 aromatic carbocycles. The standard InChI is InChI=1S/C15H26O6/c1-10(2)9-18-14(16)20-12-7-5-6-8-13(12)21-15(17)19-11(3)4/h10-13H,5-9H2,1-4H3. The summed E-state index contributed by atoms with van der Waals surface area (Å²) in [7, 11) is 0. The summed E-state index contributed by atoms with van der Waals surface area (Å²) in [5.74, 6) is 0.247. The molecular formula is C15H26O6. The Labute approximate surface area is 126 Å². The quantitative estimate of drug-likeness (QED) is 0.722. The number of hydrogen-bond donors (Lipinski definition) is 0. The van der Waals surface area contributed by atoms with E-state index in [0.717, 1.165) is 12.8 Å². The first-order valence-corrected chi connectivity index (χ1v) is 7.59. The second-order valence-corrected chi connectivity index (χ2v) is 5.97. The number of hydrogen-bond acceptors (Lipinski definition) is 6. The molecule has 0 aromatic heterocycles. The molecule has 0 amide bonds. The molecule has 6 nitrogen and oxygen atoms in total. The monoisotopic (exact) mass is 302 g/mol. The van der Waals surface area contributed by atoms with Gasteiger partial charge in [0.2, 0.25) is 0 Å². The van der Waals surface area contributed by atoms with Crippen LogP contribution in [0.2, 0.25) is 0 Å². The molecule has 1 saturated carbocycles. The van der Waals surface area contributed by atoms with Gasteiger partial charge in [0.15, 0.2) is 0 Å². The summed E-state index contributed by atoms with van der Waals surface area (Å²) in [6.45, 7) is 7.70. The second-order valence-electron chi connectivity index (χ2n) is 5.97. The first-order chi connectivity index (χ1) is 9.88. The maximum atomic E-state index is 11.6. The zero-order chi connectivity index (χ0) is 15.8. The van der Waals surface area contributed by atoms with E-state index in [1.54, 1.807) is 13.8 Å². The van der Waals surface area contributed by atoms with Crippen LogP contribution in [0.1, 0.15) is 53.4 Å². The third-order valence-corrected chi connectivity index (χ3v) is 3.00. The molecule has 0 spiro atoms. The minimum atomic E-state index is -0.721. The molecule has 122 valence electrons. The van der Waals surface area contributed by atoms with Crippen molar-refractivity contribution in [3.8, 4) is 0 Å². The molecule has 2 atom stereocenters. The molecular weight excluding hydrogens is 276 g/mol. The highest BCUT2D eigenvalue weighted by molar-refractivity contribution is 5.61. The Balaban J connectivity index is 2.45. The number of ether oxygens (including phenoxy) is 4. The van der Waals surface area contributed by atoms with Gasteiger partial charge in [-0.25, -0.2) is 9.59 Å². The molecule has 0 aliphatic heterocycles. The van der Waals surface area contributed by atoms with Crippen LogP contribution in [0.25, 0.3) is 0 Å². The van der Waals surface area contributed by atoms with Gasteiger partial charge in [-0.3, -0.25) is 0 Å². The summed E-state index contributed by atoms with van der Waals surface area (Å²) >= 11 is 0. The zero-order valence-electron chi connectivity index (χ0n) is 13.3. The van der Waals surface area contributed by atoms with E-state index in [1.807, 2.05) is 13.8 Å². The highest BCUT2D eigenvalue weighted by Crippen LogP contribution is 2.25. The fourth-order valence-corrected chi connectivity index (χ4v) is 2.07. The van der Waals surface area contributed by atoms with Crippen molar-refractivity contribution >= 4 is 12.3 Å². The van der Waals surface area contributed by atoms with Gasteiger partial charge in [-0.15, -0.1) is 0 Å². The molecule has 0 bridgehead atoms. The minimum absolute atomic E-state index is 0.239. The third-order valence-electron chi connectivity index (χ3n) is 3.00. The van der Waals surface area contributed by atoms with E-state index in [-0.39, 0.29) is 12.0 Å². The van der Waals surface area contributed by atoms with Crippen molar-refractivity contribution in [2.24, 2.45) is 5.92 Å². The molecule has 1 rings (SSSR count). The van der Waals surface area contributed by atoms with Crippen molar-refractivity contribution in [2.45, 2.75) is 71.7 Å². The Morgan fingerprint density at radius 2 is 1.48 bits per heavy atom. The van der Waals surface area contributed by atoms with E-state index in [2.05, 4.69) is 0 Å². The van der Waals surface area contributed by atoms with Gasteiger partial charge in [0, 0.05) is 0 Å². The maximum Gasteiger partial charge on any atom is 0.508 e. The van der Waals surface area contributed by atoms with Crippen LogP contribution in [0.4, 0.5) is 9.59 Å². The van der Waals surface area contributed by atoms with E-state index in [4.69, 9.17) is 18.9 Å². The summed E-state index contributed by atoms with van der Waals surface area (Å²) in [5, 5.41) is 0. The van der Waals surface area contributed by atoms with Gasteiger partial charge in [-0.1, -0.05) is 13.8 Å². The Bertz CT molecular complexity index is 339. The molecule has 1 fully saturated rings. The van der Waals surface area contributed by atoms with Crippen LogP contribution in [0.3, 0.4) is 0 Å². The Hall–Kier alpha value is -1.46. The molecule has 21 heavy (non-hydrogen) atoms. The van der Waals surface area contributed by atoms with Crippen LogP contribution in [-0.4, -0.2) is 37.2 Å². The predicted octanol–water partition coefficient (Wildman–Crippen LogP) is 3.67. The molecule has 1 aliphatic carbocycles. The SMILES string of the molecule is CC(C)COC(=O)OC1CCCCC1OC(=O)OC(C)C. The van der Waals surface area contributed by atoms with Gasteiger partial charge in [-0.2, -0.15) is 0 Å². The number of rotatable bonds is 5. The van der Waals surface area contributed by atoms with Gasteiger partial charge < -0.3 is 18.9 Å². The lowest BCUT2D eigenvalue weighted by molar-refractivity contribution is -0.0762. The first-order valence-electron chi connectivity index (χ1n) is 7.59. The largest absolute Gasteiger partial charge is 0.508 e. The fourth-order valence-electron chi connectivity index (χ4n) is 2.07. The summed E-state index contributed by atoms with van der Waals surface area (Å²) < 4.78 is 20.5. The molecule has 0 heterocycles. The van der Waals surface area contributed by atoms with Gasteiger partial charge in [0.05, 0.1) is 12.7 Å². The van der Waals surface area contributed by atoms with E-state index < -0.39 is 24.5 Å². The maximum absolute atomic E-state index is 11.6. The van der Waals surface area contributed by atoms with Crippen molar-refractivity contribution in [3.05, 3.63) is 0 Å². The van der Waals surface area contributed by atoms with Crippen LogP contribution < -0.4 is 0 Å². The summed E-state index contributed by atoms with van der Waals surface area (Å²) in [4.78, 5) is 23.2. The fraction of sp³-hybridized carbons (Fsp3) is 0.867. The van der Waals surface area contributed by atoms with Crippen molar-refractivity contribution < 1.29 is 28.5 Å². The van der Waals surface area contributed by atoms with Crippen LogP contribution in [0.5, 0.6) is 0 Å². The molecule has 2 unspecified atom stereocenters. The molecule has 0 N–H and O–H groups in total. The van der Waals surface area contributed by atoms with Gasteiger partial charge >= 0.3 is 12.3 Å². The topological polar surface area (TPSA) is 71.1 Å². The highest BCUT2D eigenvalue weighted by atomic mass is 16.8. The van der Waals surface area contributed by atoms with E-state index in [1.165, 1.54) is 0 Å². The van der Waals surface area contributed by atoms with Crippen LogP contribution in [-0.2, 0) is 18.9 Å². The van der Waals surface area contributed by atoms with Crippen LogP contribution in [0, 0.1) is 5.92 Å². The van der Waals surface area contributed by atoms with Crippen molar-refractivity contribution in [3.63, 3.8) is 0 Å². The van der Waals surface area contributed by atoms with E-state index in [9.17, 15) is 9.59 Å². The smallest absolute Gasteiger partial charge is 0.434 e. The number of carbonyl (C=O) groups excluding carboxylic acids is 2. The average molecular weight is 302 g/mol. The lowest BCUT2D eigenvalue weighted by Gasteiger charge is -2.30. The zero-order valence-corrected chi connectivity index (χ0v) is 13.3. The number of carbonyl (C=O) groups is 2. The van der Waals surface area contributed by atoms with Crippen molar-refractivity contribution in [1.29, 1.82) is 0 Å². The summed E-state index contributed by atoms with van der Waals surface area (Å²) in [5.41, 5.74) is 0. The van der Waals surface area contributed by atoms with Crippen molar-refractivity contribution in [2.75, 3.05) is 6.61 Å². The lowest BCUT2D eigenvalue weighted by Crippen LogP contribution is -2.38. The lowest BCUT2D eigenvalue weighted by atomic mass is 9.95. The Kier molecular flexibility index (Phi) is 7.32. The predicted molar refractivity (Wildman–Crippen MR) is 76.0 cm³/mol. The highest BCUT2D eigenvalue weighted by Gasteiger charge is 2.32. The third kappa shape index (κ3) is 7.20. The van der Waals surface area contributed by atoms with Gasteiger partial charge in [0.1, 0.15) is 12.2 Å². The Morgan fingerprint density at radius 3 is 1.95 bits per heavy atom. The van der Waals surface area contributed by atoms with Crippen LogP contribution >= 0.6 is 0 Å². The van der Waals surface area contributed by atoms with E-state index >= 15 is 0 Å². The first kappa shape index (κ1) is 17.6. The molecule has 0 saturated heterocycles. The summed E-state index contributed by atoms with van der Waals surface area (Å²) in [6, 6.07) is 0. The Morgan fingerprint density at radius 1 is 0.952 bits per heavy atom. The van der Waals surface area contributed by atoms with Gasteiger partial charge in [0.25, 0.3) is 0 Å². The molecule has 1 aliphatic rings. The average Bonchev–Trinajstić information content (AvgIpc) is 2.37. The second kappa shape index (κ2) is 8.74. The van der Waals surface area contributed by atoms with Crippen molar-refractivity contribution in [1.82, 2.24) is 0 Å². The normalized spacial score (nSPS) is 22.0. The summed E-state index contributed by atoms with van der Waals surface area (Å²) in [6.07, 6.45) is 0.599. The molecule has 0 radical (unpaired) electrons. The molecule has 6 heteroatoms.